The van der Waals surface area contributed by atoms with E-state index < -0.39 is 17.7 Å². The van der Waals surface area contributed by atoms with E-state index in [1.807, 2.05) is 30.3 Å². The quantitative estimate of drug-likeness (QED) is 0.441. The van der Waals surface area contributed by atoms with E-state index in [1.165, 1.54) is 4.90 Å². The maximum Gasteiger partial charge on any atom is 0.295 e. The topological polar surface area (TPSA) is 66.8 Å². The van der Waals surface area contributed by atoms with Crippen molar-refractivity contribution in [1.29, 1.82) is 0 Å². The fraction of sp³-hybridized carbons (Fsp3) is 0.273. The van der Waals surface area contributed by atoms with E-state index in [-0.39, 0.29) is 17.4 Å². The first-order valence-electron chi connectivity index (χ1n) is 9.27. The Morgan fingerprint density at radius 2 is 1.82 bits per heavy atom. The molecule has 6 heteroatoms. The zero-order valence-electron chi connectivity index (χ0n) is 15.2. The van der Waals surface area contributed by atoms with Gasteiger partial charge in [-0.1, -0.05) is 58.4 Å². The summed E-state index contributed by atoms with van der Waals surface area (Å²) in [5, 5.41) is 10.9. The standard InChI is InChI=1S/C22H20BrNO4/c23-16-10-8-14(9-11-16)19-18(20(25)15-5-2-1-3-6-15)21(26)22(27)24(19)13-17-7-4-12-28-17/h1-3,5-6,8-11,17,19,25H,4,7,12-13H2/t17-,19-/m1/s1. The third-order valence-electron chi connectivity index (χ3n) is 5.20. The van der Waals surface area contributed by atoms with Gasteiger partial charge in [0.15, 0.2) is 0 Å². The summed E-state index contributed by atoms with van der Waals surface area (Å²) in [7, 11) is 0. The Morgan fingerprint density at radius 3 is 2.46 bits per heavy atom. The monoisotopic (exact) mass is 441 g/mol. The lowest BCUT2D eigenvalue weighted by Crippen LogP contribution is -2.36. The van der Waals surface area contributed by atoms with E-state index in [9.17, 15) is 14.7 Å². The second-order valence-corrected chi connectivity index (χ2v) is 7.92. The molecule has 0 aliphatic carbocycles. The van der Waals surface area contributed by atoms with Gasteiger partial charge in [0.2, 0.25) is 0 Å². The maximum absolute atomic E-state index is 12.9. The van der Waals surface area contributed by atoms with Crippen LogP contribution in [0.2, 0.25) is 0 Å². The van der Waals surface area contributed by atoms with Crippen molar-refractivity contribution in [3.8, 4) is 0 Å². The van der Waals surface area contributed by atoms with E-state index in [2.05, 4.69) is 15.9 Å². The Labute approximate surface area is 171 Å². The molecule has 0 radical (unpaired) electrons. The van der Waals surface area contributed by atoms with Gasteiger partial charge < -0.3 is 14.7 Å². The predicted octanol–water partition coefficient (Wildman–Crippen LogP) is 4.05. The summed E-state index contributed by atoms with van der Waals surface area (Å²) in [4.78, 5) is 27.3. The summed E-state index contributed by atoms with van der Waals surface area (Å²) >= 11 is 3.42. The first-order valence-corrected chi connectivity index (χ1v) is 10.1. The molecule has 2 aromatic rings. The molecule has 2 atom stereocenters. The number of nitrogens with zero attached hydrogens (tertiary/aromatic N) is 1. The number of halogens is 1. The number of aliphatic hydroxyl groups is 1. The van der Waals surface area contributed by atoms with Crippen molar-refractivity contribution in [2.24, 2.45) is 0 Å². The number of likely N-dealkylation sites (tertiary alicyclic amines) is 1. The second-order valence-electron chi connectivity index (χ2n) is 7.00. The highest BCUT2D eigenvalue weighted by atomic mass is 79.9. The van der Waals surface area contributed by atoms with Crippen molar-refractivity contribution in [2.75, 3.05) is 13.2 Å². The van der Waals surface area contributed by atoms with Crippen LogP contribution in [0.4, 0.5) is 0 Å². The molecular formula is C22H20BrNO4. The lowest BCUT2D eigenvalue weighted by Gasteiger charge is -2.27. The van der Waals surface area contributed by atoms with Crippen LogP contribution in [0.15, 0.2) is 64.6 Å². The third-order valence-corrected chi connectivity index (χ3v) is 5.73. The molecule has 2 aliphatic heterocycles. The van der Waals surface area contributed by atoms with E-state index in [4.69, 9.17) is 4.74 Å². The number of Topliss-reactive ketones (excluding diaryl/α,β-unsaturated/α-hetero) is 1. The predicted molar refractivity (Wildman–Crippen MR) is 109 cm³/mol. The molecule has 28 heavy (non-hydrogen) atoms. The van der Waals surface area contributed by atoms with Crippen LogP contribution in [0.5, 0.6) is 0 Å². The lowest BCUT2D eigenvalue weighted by atomic mass is 9.95. The van der Waals surface area contributed by atoms with Gasteiger partial charge in [0.25, 0.3) is 11.7 Å². The van der Waals surface area contributed by atoms with Crippen molar-refractivity contribution in [3.05, 3.63) is 75.8 Å². The molecule has 5 nitrogen and oxygen atoms in total. The van der Waals surface area contributed by atoms with Crippen LogP contribution < -0.4 is 0 Å². The number of carbonyl (C=O) groups excluding carboxylic acids is 2. The molecular weight excluding hydrogens is 422 g/mol. The Bertz CT molecular complexity index is 917. The second kappa shape index (κ2) is 7.89. The number of amides is 1. The van der Waals surface area contributed by atoms with Gasteiger partial charge in [0, 0.05) is 23.2 Å². The van der Waals surface area contributed by atoms with Gasteiger partial charge >= 0.3 is 0 Å². The molecule has 2 saturated heterocycles. The Kier molecular flexibility index (Phi) is 5.33. The molecule has 0 aromatic heterocycles. The smallest absolute Gasteiger partial charge is 0.295 e. The largest absolute Gasteiger partial charge is 0.507 e. The van der Waals surface area contributed by atoms with Crippen LogP contribution in [-0.4, -0.2) is 41.0 Å². The van der Waals surface area contributed by atoms with E-state index >= 15 is 0 Å². The highest BCUT2D eigenvalue weighted by molar-refractivity contribution is 9.10. The number of aliphatic hydroxyl groups excluding tert-OH is 1. The minimum absolute atomic E-state index is 0.0899. The van der Waals surface area contributed by atoms with Crippen molar-refractivity contribution in [2.45, 2.75) is 25.0 Å². The lowest BCUT2D eigenvalue weighted by molar-refractivity contribution is -0.140. The number of ether oxygens (including phenoxy) is 1. The summed E-state index contributed by atoms with van der Waals surface area (Å²) in [6.07, 6.45) is 1.71. The van der Waals surface area contributed by atoms with Crippen LogP contribution in [-0.2, 0) is 14.3 Å². The Balaban J connectivity index is 1.81. The van der Waals surface area contributed by atoms with E-state index in [0.717, 1.165) is 22.9 Å². The summed E-state index contributed by atoms with van der Waals surface area (Å²) in [5.74, 6) is -1.41. The van der Waals surface area contributed by atoms with E-state index in [1.54, 1.807) is 24.3 Å². The summed E-state index contributed by atoms with van der Waals surface area (Å²) in [5.41, 5.74) is 1.41. The average Bonchev–Trinajstić information content (AvgIpc) is 3.31. The normalized spacial score (nSPS) is 24.1. The molecule has 2 heterocycles. The fourth-order valence-corrected chi connectivity index (χ4v) is 4.08. The number of benzene rings is 2. The molecule has 0 unspecified atom stereocenters. The zero-order valence-corrected chi connectivity index (χ0v) is 16.8. The number of hydrogen-bond donors (Lipinski definition) is 1. The minimum atomic E-state index is -0.660. The number of rotatable bonds is 4. The molecule has 144 valence electrons. The molecule has 4 rings (SSSR count). The zero-order chi connectivity index (χ0) is 19.7. The maximum atomic E-state index is 12.9. The fourth-order valence-electron chi connectivity index (χ4n) is 3.82. The first kappa shape index (κ1) is 18.9. The molecule has 2 fully saturated rings. The molecule has 1 amide bonds. The molecule has 0 bridgehead atoms. The van der Waals surface area contributed by atoms with Crippen LogP contribution in [0, 0.1) is 0 Å². The van der Waals surface area contributed by atoms with Gasteiger partial charge in [-0.15, -0.1) is 0 Å². The van der Waals surface area contributed by atoms with Crippen molar-refractivity contribution < 1.29 is 19.4 Å². The number of hydrogen-bond acceptors (Lipinski definition) is 4. The molecule has 1 N–H and O–H groups in total. The van der Waals surface area contributed by atoms with Crippen LogP contribution in [0.25, 0.3) is 5.76 Å². The molecule has 0 spiro atoms. The SMILES string of the molecule is O=C1C(=O)N(C[C@H]2CCCO2)[C@H](c2ccc(Br)cc2)C1=C(O)c1ccccc1. The Hall–Kier alpha value is -2.44. The Morgan fingerprint density at radius 1 is 1.11 bits per heavy atom. The van der Waals surface area contributed by atoms with Crippen molar-refractivity contribution in [3.63, 3.8) is 0 Å². The van der Waals surface area contributed by atoms with Crippen molar-refractivity contribution >= 4 is 33.4 Å². The van der Waals surface area contributed by atoms with Crippen LogP contribution in [0.1, 0.15) is 30.0 Å². The highest BCUT2D eigenvalue weighted by Crippen LogP contribution is 2.40. The van der Waals surface area contributed by atoms with Crippen LogP contribution in [0.3, 0.4) is 0 Å². The van der Waals surface area contributed by atoms with Gasteiger partial charge in [-0.05, 0) is 30.5 Å². The van der Waals surface area contributed by atoms with Gasteiger partial charge in [-0.3, -0.25) is 9.59 Å². The number of ketones is 1. The van der Waals surface area contributed by atoms with Gasteiger partial charge in [-0.2, -0.15) is 0 Å². The molecule has 2 aromatic carbocycles. The summed E-state index contributed by atoms with van der Waals surface area (Å²) in [6, 6.07) is 15.7. The summed E-state index contributed by atoms with van der Waals surface area (Å²) in [6.45, 7) is 0.998. The minimum Gasteiger partial charge on any atom is -0.507 e. The number of carbonyl (C=O) groups is 2. The molecule has 2 aliphatic rings. The summed E-state index contributed by atoms with van der Waals surface area (Å²) < 4.78 is 6.59. The third kappa shape index (κ3) is 3.50. The van der Waals surface area contributed by atoms with E-state index in [0.29, 0.717) is 18.7 Å². The van der Waals surface area contributed by atoms with Crippen LogP contribution >= 0.6 is 15.9 Å². The first-order chi connectivity index (χ1) is 13.6. The average molecular weight is 442 g/mol. The van der Waals surface area contributed by atoms with Gasteiger partial charge in [0.1, 0.15) is 5.76 Å². The highest BCUT2D eigenvalue weighted by Gasteiger charge is 2.46. The van der Waals surface area contributed by atoms with Gasteiger partial charge in [-0.25, -0.2) is 0 Å². The van der Waals surface area contributed by atoms with Gasteiger partial charge in [0.05, 0.1) is 17.7 Å². The van der Waals surface area contributed by atoms with Crippen molar-refractivity contribution in [1.82, 2.24) is 4.90 Å². The molecule has 0 saturated carbocycles.